The van der Waals surface area contributed by atoms with E-state index in [2.05, 4.69) is 27.9 Å². The highest BCUT2D eigenvalue weighted by molar-refractivity contribution is 14.1. The number of anilines is 1. The molecule has 1 N–H and O–H groups in total. The van der Waals surface area contributed by atoms with Crippen molar-refractivity contribution >= 4 is 40.2 Å². The van der Waals surface area contributed by atoms with Crippen molar-refractivity contribution in [3.05, 3.63) is 63.2 Å². The molecule has 3 rings (SSSR count). The van der Waals surface area contributed by atoms with E-state index < -0.39 is 6.04 Å². The molecule has 1 aliphatic heterocycles. The minimum atomic E-state index is -0.443. The van der Waals surface area contributed by atoms with Crippen LogP contribution in [0.5, 0.6) is 0 Å². The molecule has 5 nitrogen and oxygen atoms in total. The number of hydrogen-bond acceptors (Lipinski definition) is 4. The van der Waals surface area contributed by atoms with Gasteiger partial charge in [0, 0.05) is 15.8 Å². The molecular formula is C19H19IN2O3. The Morgan fingerprint density at radius 1 is 1.20 bits per heavy atom. The Morgan fingerprint density at radius 3 is 2.68 bits per heavy atom. The molecule has 0 fully saturated rings. The summed E-state index contributed by atoms with van der Waals surface area (Å²) in [6.45, 7) is 0.690. The fourth-order valence-electron chi connectivity index (χ4n) is 3.06. The molecule has 1 aliphatic rings. The van der Waals surface area contributed by atoms with Crippen LogP contribution in [0.4, 0.5) is 5.69 Å². The van der Waals surface area contributed by atoms with Gasteiger partial charge in [-0.05, 0) is 58.3 Å². The number of carbonyl (C=O) groups is 2. The van der Waals surface area contributed by atoms with Crippen molar-refractivity contribution in [1.29, 1.82) is 0 Å². The van der Waals surface area contributed by atoms with Gasteiger partial charge >= 0.3 is 5.97 Å². The van der Waals surface area contributed by atoms with Gasteiger partial charge < -0.3 is 10.1 Å². The van der Waals surface area contributed by atoms with E-state index in [1.54, 1.807) is 0 Å². The summed E-state index contributed by atoms with van der Waals surface area (Å²) in [5.41, 5.74) is 3.03. The molecule has 2 aromatic carbocycles. The Bertz CT molecular complexity index is 794. The summed E-state index contributed by atoms with van der Waals surface area (Å²) < 4.78 is 5.99. The quantitative estimate of drug-likeness (QED) is 0.575. The predicted octanol–water partition coefficient (Wildman–Crippen LogP) is 2.83. The molecule has 0 saturated carbocycles. The molecule has 6 heteroatoms. The number of fused-ring (bicyclic) bond motifs is 1. The van der Waals surface area contributed by atoms with Gasteiger partial charge in [0.2, 0.25) is 5.91 Å². The second-order valence-corrected chi connectivity index (χ2v) is 7.22. The van der Waals surface area contributed by atoms with E-state index >= 15 is 0 Å². The summed E-state index contributed by atoms with van der Waals surface area (Å²) in [5, 5.41) is 2.89. The van der Waals surface area contributed by atoms with Gasteiger partial charge in [0.15, 0.2) is 0 Å². The van der Waals surface area contributed by atoms with Crippen LogP contribution in [0.15, 0.2) is 48.5 Å². The zero-order chi connectivity index (χ0) is 17.8. The number of amides is 1. The van der Waals surface area contributed by atoms with Gasteiger partial charge in [-0.25, -0.2) is 0 Å². The Hall–Kier alpha value is -1.93. The molecule has 0 bridgehead atoms. The number of rotatable bonds is 4. The van der Waals surface area contributed by atoms with Gasteiger partial charge in [-0.15, -0.1) is 0 Å². The Morgan fingerprint density at radius 2 is 1.96 bits per heavy atom. The summed E-state index contributed by atoms with van der Waals surface area (Å²) in [5.74, 6) is -0.452. The number of halogens is 1. The number of esters is 1. The average Bonchev–Trinajstić information content (AvgIpc) is 2.60. The van der Waals surface area contributed by atoms with Crippen LogP contribution >= 0.6 is 22.6 Å². The van der Waals surface area contributed by atoms with Gasteiger partial charge in [0.1, 0.15) is 6.04 Å². The van der Waals surface area contributed by atoms with Crippen molar-refractivity contribution in [1.82, 2.24) is 4.90 Å². The highest BCUT2D eigenvalue weighted by Gasteiger charge is 2.33. The van der Waals surface area contributed by atoms with Crippen LogP contribution in [-0.2, 0) is 27.3 Å². The molecular weight excluding hydrogens is 431 g/mol. The van der Waals surface area contributed by atoms with E-state index in [4.69, 9.17) is 4.74 Å². The van der Waals surface area contributed by atoms with Gasteiger partial charge in [-0.3, -0.25) is 14.5 Å². The number of nitrogens with one attached hydrogen (secondary N) is 1. The summed E-state index contributed by atoms with van der Waals surface area (Å²) in [6.07, 6.45) is 0.555. The fourth-order valence-corrected chi connectivity index (χ4v) is 3.61. The molecule has 0 saturated heterocycles. The number of hydrogen-bond donors (Lipinski definition) is 1. The topological polar surface area (TPSA) is 58.6 Å². The third-order valence-electron chi connectivity index (χ3n) is 4.27. The molecule has 0 spiro atoms. The lowest BCUT2D eigenvalue weighted by Gasteiger charge is -2.34. The van der Waals surface area contributed by atoms with E-state index in [9.17, 15) is 9.59 Å². The average molecular weight is 450 g/mol. The highest BCUT2D eigenvalue weighted by atomic mass is 127. The second kappa shape index (κ2) is 7.97. The van der Waals surface area contributed by atoms with Crippen LogP contribution < -0.4 is 5.32 Å². The zero-order valence-electron chi connectivity index (χ0n) is 13.9. The van der Waals surface area contributed by atoms with Crippen LogP contribution in [0.1, 0.15) is 11.1 Å². The first-order valence-corrected chi connectivity index (χ1v) is 9.09. The van der Waals surface area contributed by atoms with Gasteiger partial charge in [-0.1, -0.05) is 30.3 Å². The molecule has 0 aliphatic carbocycles. The summed E-state index contributed by atoms with van der Waals surface area (Å²) in [7, 11) is 1.38. The number of benzene rings is 2. The molecule has 0 unspecified atom stereocenters. The van der Waals surface area contributed by atoms with E-state index in [1.165, 1.54) is 7.11 Å². The van der Waals surface area contributed by atoms with Crippen LogP contribution in [0.2, 0.25) is 0 Å². The maximum absolute atomic E-state index is 12.5. The number of carbonyl (C=O) groups excluding carboxylic acids is 2. The van der Waals surface area contributed by atoms with E-state index in [-0.39, 0.29) is 18.4 Å². The Kier molecular flexibility index (Phi) is 5.70. The molecule has 1 heterocycles. The monoisotopic (exact) mass is 450 g/mol. The van der Waals surface area contributed by atoms with Crippen LogP contribution in [-0.4, -0.2) is 36.5 Å². The van der Waals surface area contributed by atoms with Crippen molar-refractivity contribution in [2.75, 3.05) is 19.0 Å². The van der Waals surface area contributed by atoms with Crippen molar-refractivity contribution in [2.45, 2.75) is 19.0 Å². The van der Waals surface area contributed by atoms with Crippen LogP contribution in [0, 0.1) is 3.57 Å². The van der Waals surface area contributed by atoms with Crippen LogP contribution in [0.3, 0.4) is 0 Å². The SMILES string of the molecule is COC(=O)[C@@H]1Cc2ccccc2CN1CC(=O)Nc1cccc(I)c1. The zero-order valence-corrected chi connectivity index (χ0v) is 16.0. The Balaban J connectivity index is 1.74. The molecule has 130 valence electrons. The van der Waals surface area contributed by atoms with E-state index in [0.29, 0.717) is 13.0 Å². The molecule has 1 amide bonds. The first kappa shape index (κ1) is 17.9. The van der Waals surface area contributed by atoms with Crippen molar-refractivity contribution in [3.8, 4) is 0 Å². The van der Waals surface area contributed by atoms with Gasteiger partial charge in [0.25, 0.3) is 0 Å². The lowest BCUT2D eigenvalue weighted by Crippen LogP contribution is -2.49. The number of nitrogens with zero attached hydrogens (tertiary/aromatic N) is 1. The number of ether oxygens (including phenoxy) is 1. The third-order valence-corrected chi connectivity index (χ3v) is 4.95. The molecule has 2 aromatic rings. The maximum Gasteiger partial charge on any atom is 0.323 e. The van der Waals surface area contributed by atoms with Gasteiger partial charge in [0.05, 0.1) is 13.7 Å². The minimum absolute atomic E-state index is 0.138. The van der Waals surface area contributed by atoms with E-state index in [0.717, 1.165) is 20.4 Å². The Labute approximate surface area is 160 Å². The smallest absolute Gasteiger partial charge is 0.323 e. The predicted molar refractivity (Wildman–Crippen MR) is 104 cm³/mol. The number of methoxy groups -OCH3 is 1. The van der Waals surface area contributed by atoms with Crippen molar-refractivity contribution in [3.63, 3.8) is 0 Å². The minimum Gasteiger partial charge on any atom is -0.468 e. The summed E-state index contributed by atoms with van der Waals surface area (Å²) >= 11 is 2.20. The first-order chi connectivity index (χ1) is 12.1. The van der Waals surface area contributed by atoms with E-state index in [1.807, 2.05) is 53.4 Å². The lowest BCUT2D eigenvalue weighted by atomic mass is 9.94. The fraction of sp³-hybridized carbons (Fsp3) is 0.263. The first-order valence-electron chi connectivity index (χ1n) is 8.01. The van der Waals surface area contributed by atoms with Crippen molar-refractivity contribution in [2.24, 2.45) is 0 Å². The molecule has 0 radical (unpaired) electrons. The second-order valence-electron chi connectivity index (χ2n) is 5.98. The molecule has 25 heavy (non-hydrogen) atoms. The normalized spacial score (nSPS) is 16.8. The largest absolute Gasteiger partial charge is 0.468 e. The summed E-state index contributed by atoms with van der Waals surface area (Å²) in [6, 6.07) is 15.2. The molecule has 0 aromatic heterocycles. The third kappa shape index (κ3) is 4.38. The van der Waals surface area contributed by atoms with Crippen LogP contribution in [0.25, 0.3) is 0 Å². The standard InChI is InChI=1S/C19H19IN2O3/c1-25-19(24)17-9-13-5-2-3-6-14(13)11-22(17)12-18(23)21-16-8-4-7-15(20)10-16/h2-8,10,17H,9,11-12H2,1H3,(H,21,23)/t17-/m0/s1. The van der Waals surface area contributed by atoms with Crippen molar-refractivity contribution < 1.29 is 14.3 Å². The van der Waals surface area contributed by atoms with Gasteiger partial charge in [-0.2, -0.15) is 0 Å². The maximum atomic E-state index is 12.5. The highest BCUT2D eigenvalue weighted by Crippen LogP contribution is 2.24. The lowest BCUT2D eigenvalue weighted by molar-refractivity contribution is -0.148. The summed E-state index contributed by atoms with van der Waals surface area (Å²) in [4.78, 5) is 26.5. The molecule has 1 atom stereocenters.